The number of rotatable bonds is 8. The molecular formula is C22H25FN4O8S. The van der Waals surface area contributed by atoms with Crippen molar-refractivity contribution in [2.45, 2.75) is 36.0 Å². The number of sulfonamides is 1. The van der Waals surface area contributed by atoms with E-state index in [1.807, 2.05) is 0 Å². The van der Waals surface area contributed by atoms with Gasteiger partial charge in [0.1, 0.15) is 30.0 Å². The summed E-state index contributed by atoms with van der Waals surface area (Å²) >= 11 is 0. The maximum atomic E-state index is 13.5. The Kier molecular flexibility index (Phi) is 7.68. The third-order valence-corrected chi connectivity index (χ3v) is 7.81. The molecule has 2 amide bonds. The molecule has 0 radical (unpaired) electrons. The Hall–Kier alpha value is -3.33. The van der Waals surface area contributed by atoms with Crippen LogP contribution in [-0.4, -0.2) is 84.8 Å². The Labute approximate surface area is 206 Å². The normalized spacial score (nSPS) is 21.8. The van der Waals surface area contributed by atoms with E-state index >= 15 is 0 Å². The molecule has 3 atom stereocenters. The molecule has 36 heavy (non-hydrogen) atoms. The number of amides is 2. The molecule has 2 saturated heterocycles. The van der Waals surface area contributed by atoms with E-state index in [1.54, 1.807) is 0 Å². The lowest BCUT2D eigenvalue weighted by atomic mass is 10.1. The van der Waals surface area contributed by atoms with Crippen LogP contribution in [0, 0.1) is 5.82 Å². The highest BCUT2D eigenvalue weighted by molar-refractivity contribution is 7.89. The maximum absolute atomic E-state index is 13.5. The first-order chi connectivity index (χ1) is 17.3. The third kappa shape index (κ3) is 5.11. The van der Waals surface area contributed by atoms with Crippen molar-refractivity contribution >= 4 is 22.0 Å². The molecule has 0 spiro atoms. The van der Waals surface area contributed by atoms with Gasteiger partial charge in [0.2, 0.25) is 0 Å². The SMILES string of the molecule is COCCOC(=O)N1[C@@H]2CC[C@H]1[C@H](C(=O)NO)N(S(=O)(=O)c1ccc(Oc3ccc(F)cc3)cn1)C2. The van der Waals surface area contributed by atoms with Crippen LogP contribution in [0.1, 0.15) is 12.8 Å². The summed E-state index contributed by atoms with van der Waals surface area (Å²) in [5, 5.41) is 8.98. The molecule has 2 fully saturated rings. The van der Waals surface area contributed by atoms with E-state index in [0.717, 1.165) is 4.31 Å². The van der Waals surface area contributed by atoms with E-state index in [1.165, 1.54) is 60.1 Å². The van der Waals surface area contributed by atoms with Gasteiger partial charge in [-0.25, -0.2) is 28.1 Å². The molecule has 2 bridgehead atoms. The zero-order chi connectivity index (χ0) is 25.9. The number of carbonyl (C=O) groups excluding carboxylic acids is 2. The lowest BCUT2D eigenvalue weighted by molar-refractivity contribution is -0.136. The van der Waals surface area contributed by atoms with Gasteiger partial charge in [0, 0.05) is 19.7 Å². The van der Waals surface area contributed by atoms with Gasteiger partial charge in [-0.15, -0.1) is 0 Å². The number of halogens is 1. The van der Waals surface area contributed by atoms with Crippen molar-refractivity contribution in [3.05, 3.63) is 48.4 Å². The topological polar surface area (TPSA) is 148 Å². The number of hydrogen-bond acceptors (Lipinski definition) is 9. The predicted molar refractivity (Wildman–Crippen MR) is 120 cm³/mol. The summed E-state index contributed by atoms with van der Waals surface area (Å²) in [6.45, 7) is -0.00523. The van der Waals surface area contributed by atoms with Crippen LogP contribution in [0.25, 0.3) is 0 Å². The summed E-state index contributed by atoms with van der Waals surface area (Å²) in [6.07, 6.45) is 1.29. The van der Waals surface area contributed by atoms with Crippen molar-refractivity contribution < 1.29 is 41.8 Å². The van der Waals surface area contributed by atoms with Gasteiger partial charge in [0.15, 0.2) is 5.03 Å². The molecular weight excluding hydrogens is 499 g/mol. The molecule has 0 unspecified atom stereocenters. The second-order valence-electron chi connectivity index (χ2n) is 8.20. The van der Waals surface area contributed by atoms with Crippen LogP contribution >= 0.6 is 0 Å². The van der Waals surface area contributed by atoms with Crippen LogP contribution < -0.4 is 10.2 Å². The van der Waals surface area contributed by atoms with Crippen molar-refractivity contribution in [3.63, 3.8) is 0 Å². The van der Waals surface area contributed by atoms with Gasteiger partial charge >= 0.3 is 6.09 Å². The van der Waals surface area contributed by atoms with Crippen LogP contribution in [0.15, 0.2) is 47.6 Å². The van der Waals surface area contributed by atoms with E-state index in [4.69, 9.17) is 14.2 Å². The standard InChI is InChI=1S/C22H25FN4O8S/c1-33-10-11-34-22(29)27-15-4-8-18(27)20(21(28)25-30)26(13-15)36(31,32)19-9-7-17(12-24-19)35-16-5-2-14(23)3-6-16/h2-3,5-7,9,12,15,18,20,30H,4,8,10-11,13H2,1H3,(H,25,28)/t15-,18+,20-/m1/s1. The monoisotopic (exact) mass is 524 g/mol. The Balaban J connectivity index is 1.56. The number of hydrogen-bond donors (Lipinski definition) is 2. The summed E-state index contributed by atoms with van der Waals surface area (Å²) in [4.78, 5) is 30.6. The van der Waals surface area contributed by atoms with Crippen molar-refractivity contribution in [2.75, 3.05) is 26.9 Å². The number of pyridine rings is 1. The Bertz CT molecular complexity index is 1200. The van der Waals surface area contributed by atoms with Gasteiger partial charge in [-0.1, -0.05) is 0 Å². The summed E-state index contributed by atoms with van der Waals surface area (Å²) < 4.78 is 56.6. The summed E-state index contributed by atoms with van der Waals surface area (Å²) in [5.74, 6) is -0.858. The highest BCUT2D eigenvalue weighted by Crippen LogP contribution is 2.37. The maximum Gasteiger partial charge on any atom is 0.410 e. The number of ether oxygens (including phenoxy) is 3. The molecule has 2 N–H and O–H groups in total. The van der Waals surface area contributed by atoms with Crippen LogP contribution in [0.4, 0.5) is 9.18 Å². The second kappa shape index (κ2) is 10.7. The Morgan fingerprint density at radius 1 is 1.14 bits per heavy atom. The van der Waals surface area contributed by atoms with Crippen molar-refractivity contribution in [2.24, 2.45) is 0 Å². The van der Waals surface area contributed by atoms with Crippen LogP contribution in [0.2, 0.25) is 0 Å². The van der Waals surface area contributed by atoms with Gasteiger partial charge in [0.05, 0.1) is 18.8 Å². The van der Waals surface area contributed by atoms with E-state index in [9.17, 15) is 27.6 Å². The molecule has 2 aliphatic rings. The number of carbonyl (C=O) groups is 2. The summed E-state index contributed by atoms with van der Waals surface area (Å²) in [5.41, 5.74) is 1.51. The zero-order valence-electron chi connectivity index (χ0n) is 19.2. The molecule has 1 aromatic heterocycles. The van der Waals surface area contributed by atoms with Gasteiger partial charge in [0.25, 0.3) is 15.9 Å². The quantitative estimate of drug-likeness (QED) is 0.298. The highest BCUT2D eigenvalue weighted by Gasteiger charge is 2.55. The Morgan fingerprint density at radius 3 is 2.50 bits per heavy atom. The molecule has 0 aliphatic carbocycles. The average Bonchev–Trinajstić information content (AvgIpc) is 3.18. The van der Waals surface area contributed by atoms with Crippen LogP contribution in [-0.2, 0) is 24.3 Å². The molecule has 0 saturated carbocycles. The molecule has 12 nitrogen and oxygen atoms in total. The number of hydroxylamine groups is 1. The molecule has 1 aromatic carbocycles. The average molecular weight is 525 g/mol. The molecule has 2 aromatic rings. The lowest BCUT2D eigenvalue weighted by Gasteiger charge is -2.43. The van der Waals surface area contributed by atoms with Gasteiger partial charge < -0.3 is 14.2 Å². The molecule has 194 valence electrons. The summed E-state index contributed by atoms with van der Waals surface area (Å²) in [7, 11) is -2.85. The first-order valence-corrected chi connectivity index (χ1v) is 12.5. The fourth-order valence-corrected chi connectivity index (χ4v) is 6.01. The number of benzene rings is 1. The van der Waals surface area contributed by atoms with E-state index in [2.05, 4.69) is 4.98 Å². The van der Waals surface area contributed by atoms with Gasteiger partial charge in [-0.05, 0) is 49.2 Å². The first-order valence-electron chi connectivity index (χ1n) is 11.1. The molecule has 4 rings (SSSR count). The first kappa shape index (κ1) is 25.8. The van der Waals surface area contributed by atoms with Gasteiger partial charge in [-0.2, -0.15) is 4.31 Å². The van der Waals surface area contributed by atoms with Crippen LogP contribution in [0.5, 0.6) is 11.5 Å². The third-order valence-electron chi connectivity index (χ3n) is 6.05. The highest BCUT2D eigenvalue weighted by atomic mass is 32.2. The minimum atomic E-state index is -4.31. The fraction of sp³-hybridized carbons (Fsp3) is 0.409. The number of piperazine rings is 1. The number of methoxy groups -OCH3 is 1. The number of nitrogens with one attached hydrogen (secondary N) is 1. The van der Waals surface area contributed by atoms with Crippen LogP contribution in [0.3, 0.4) is 0 Å². The smallest absolute Gasteiger partial charge is 0.410 e. The second-order valence-corrected chi connectivity index (χ2v) is 10.0. The number of aromatic nitrogens is 1. The van der Waals surface area contributed by atoms with E-state index < -0.39 is 46.0 Å². The minimum Gasteiger partial charge on any atom is -0.456 e. The predicted octanol–water partition coefficient (Wildman–Crippen LogP) is 1.51. The van der Waals surface area contributed by atoms with E-state index in [0.29, 0.717) is 18.6 Å². The van der Waals surface area contributed by atoms with Gasteiger partial charge in [-0.3, -0.25) is 14.9 Å². The minimum absolute atomic E-state index is 0.000408. The Morgan fingerprint density at radius 2 is 1.86 bits per heavy atom. The zero-order valence-corrected chi connectivity index (χ0v) is 20.1. The lowest BCUT2D eigenvalue weighted by Crippen LogP contribution is -2.66. The molecule has 3 heterocycles. The van der Waals surface area contributed by atoms with Crippen molar-refractivity contribution in [1.82, 2.24) is 19.7 Å². The molecule has 2 aliphatic heterocycles. The number of fused-ring (bicyclic) bond motifs is 2. The van der Waals surface area contributed by atoms with Crippen molar-refractivity contribution in [1.29, 1.82) is 0 Å². The molecule has 14 heteroatoms. The summed E-state index contributed by atoms with van der Waals surface area (Å²) in [6, 6.07) is 5.08. The van der Waals surface area contributed by atoms with E-state index in [-0.39, 0.29) is 30.5 Å². The number of nitrogens with zero attached hydrogens (tertiary/aromatic N) is 3. The fourth-order valence-electron chi connectivity index (χ4n) is 4.44. The largest absolute Gasteiger partial charge is 0.456 e. The van der Waals surface area contributed by atoms with Crippen molar-refractivity contribution in [3.8, 4) is 11.5 Å².